The Morgan fingerprint density at radius 3 is 2.66 bits per heavy atom. The predicted molar refractivity (Wildman–Crippen MR) is 106 cm³/mol. The highest BCUT2D eigenvalue weighted by molar-refractivity contribution is 7.94. The lowest BCUT2D eigenvalue weighted by atomic mass is 10.1. The molecular weight excluding hydrogens is 456 g/mol. The van der Waals surface area contributed by atoms with Gasteiger partial charge in [-0.3, -0.25) is 4.79 Å². The molecule has 1 aromatic heterocycles. The number of hydrogen-bond donors (Lipinski definition) is 1. The standard InChI is InChI=1S/C19H20F4N4O4S/c1-18(2,3)30-17(29)27-7-6-11(9-27)24-15(28)12-5-4-10(8-13(12)20)14-25-16(31-26-14)19(21,22)32-23/h4-5,8,11H,6-7,9H2,1-3H3,(H,24,28). The minimum atomic E-state index is -4.03. The number of aromatic nitrogens is 2. The van der Waals surface area contributed by atoms with E-state index in [2.05, 4.69) is 20.0 Å². The van der Waals surface area contributed by atoms with Crippen molar-refractivity contribution in [3.05, 3.63) is 35.5 Å². The molecule has 1 aliphatic rings. The third-order valence-corrected chi connectivity index (χ3v) is 4.79. The maximum atomic E-state index is 14.5. The van der Waals surface area contributed by atoms with Gasteiger partial charge in [0.1, 0.15) is 23.6 Å². The number of hydrogen-bond acceptors (Lipinski definition) is 7. The van der Waals surface area contributed by atoms with Crippen molar-refractivity contribution >= 4 is 24.1 Å². The Morgan fingerprint density at radius 2 is 2.03 bits per heavy atom. The molecule has 0 spiro atoms. The second kappa shape index (κ2) is 8.96. The second-order valence-electron chi connectivity index (χ2n) is 8.10. The van der Waals surface area contributed by atoms with Crippen LogP contribution in [0.5, 0.6) is 0 Å². The van der Waals surface area contributed by atoms with Gasteiger partial charge in [0, 0.05) is 24.7 Å². The van der Waals surface area contributed by atoms with Crippen LogP contribution in [0.15, 0.2) is 22.7 Å². The van der Waals surface area contributed by atoms with E-state index in [1.807, 2.05) is 0 Å². The van der Waals surface area contributed by atoms with Crippen molar-refractivity contribution in [1.82, 2.24) is 20.4 Å². The average Bonchev–Trinajstić information content (AvgIpc) is 3.36. The molecule has 0 bridgehead atoms. The van der Waals surface area contributed by atoms with Crippen LogP contribution in [0, 0.1) is 5.82 Å². The van der Waals surface area contributed by atoms with E-state index in [0.29, 0.717) is 13.0 Å². The molecule has 2 heterocycles. The summed E-state index contributed by atoms with van der Waals surface area (Å²) in [6.45, 7) is 5.82. The van der Waals surface area contributed by atoms with E-state index < -0.39 is 52.8 Å². The van der Waals surface area contributed by atoms with Crippen LogP contribution in [-0.2, 0) is 9.99 Å². The highest BCUT2D eigenvalue weighted by atomic mass is 32.2. The Bertz CT molecular complexity index is 1010. The molecule has 1 aromatic carbocycles. The summed E-state index contributed by atoms with van der Waals surface area (Å²) in [7, 11) is 0. The summed E-state index contributed by atoms with van der Waals surface area (Å²) in [5.74, 6) is -3.30. The smallest absolute Gasteiger partial charge is 0.410 e. The number of benzene rings is 1. The fourth-order valence-corrected chi connectivity index (χ4v) is 3.11. The topological polar surface area (TPSA) is 97.6 Å². The molecule has 8 nitrogen and oxygen atoms in total. The number of halogens is 4. The number of nitrogens with zero attached hydrogens (tertiary/aromatic N) is 3. The Morgan fingerprint density at radius 1 is 1.31 bits per heavy atom. The minimum Gasteiger partial charge on any atom is -0.444 e. The minimum absolute atomic E-state index is 0.0364. The lowest BCUT2D eigenvalue weighted by Gasteiger charge is -2.24. The van der Waals surface area contributed by atoms with Crippen molar-refractivity contribution in [2.45, 2.75) is 44.1 Å². The van der Waals surface area contributed by atoms with E-state index in [1.54, 1.807) is 20.8 Å². The summed E-state index contributed by atoms with van der Waals surface area (Å²) in [5.41, 5.74) is -0.980. The first-order valence-corrected chi connectivity index (χ1v) is 10.2. The third kappa shape index (κ3) is 5.50. The van der Waals surface area contributed by atoms with Crippen LogP contribution in [0.25, 0.3) is 11.4 Å². The van der Waals surface area contributed by atoms with Crippen molar-refractivity contribution < 1.29 is 35.9 Å². The molecule has 2 amide bonds. The largest absolute Gasteiger partial charge is 0.444 e. The fourth-order valence-electron chi connectivity index (χ4n) is 2.96. The molecule has 0 saturated carbocycles. The van der Waals surface area contributed by atoms with Crippen LogP contribution >= 0.6 is 12.1 Å². The zero-order chi connectivity index (χ0) is 23.7. The van der Waals surface area contributed by atoms with Crippen LogP contribution < -0.4 is 5.32 Å². The zero-order valence-corrected chi connectivity index (χ0v) is 18.1. The third-order valence-electron chi connectivity index (χ3n) is 4.42. The highest BCUT2D eigenvalue weighted by Gasteiger charge is 2.41. The maximum absolute atomic E-state index is 14.5. The maximum Gasteiger partial charge on any atom is 0.410 e. The summed E-state index contributed by atoms with van der Waals surface area (Å²) < 4.78 is 62.9. The SMILES string of the molecule is CC(C)(C)OC(=O)N1CCC(NC(=O)c2ccc(-c3noc(C(F)(F)SF)n3)cc2F)C1. The highest BCUT2D eigenvalue weighted by Crippen LogP contribution is 2.40. The lowest BCUT2D eigenvalue weighted by molar-refractivity contribution is 0.0290. The molecule has 2 aromatic rings. The lowest BCUT2D eigenvalue weighted by Crippen LogP contribution is -2.40. The number of likely N-dealkylation sites (tertiary alicyclic amines) is 1. The number of rotatable bonds is 5. The van der Waals surface area contributed by atoms with E-state index in [0.717, 1.165) is 12.1 Å². The van der Waals surface area contributed by atoms with E-state index >= 15 is 0 Å². The summed E-state index contributed by atoms with van der Waals surface area (Å²) >= 11 is -1.27. The van der Waals surface area contributed by atoms with Gasteiger partial charge in [-0.1, -0.05) is 11.2 Å². The number of nitrogens with one attached hydrogen (secondary N) is 1. The molecule has 1 aliphatic heterocycles. The van der Waals surface area contributed by atoms with Crippen molar-refractivity contribution in [2.75, 3.05) is 13.1 Å². The van der Waals surface area contributed by atoms with Gasteiger partial charge in [0.15, 0.2) is 0 Å². The van der Waals surface area contributed by atoms with Gasteiger partial charge in [0.05, 0.1) is 5.56 Å². The van der Waals surface area contributed by atoms with Crippen molar-refractivity contribution in [3.8, 4) is 11.4 Å². The van der Waals surface area contributed by atoms with Gasteiger partial charge in [-0.15, -0.1) is 0 Å². The summed E-state index contributed by atoms with van der Waals surface area (Å²) in [5, 5.41) is 1.91. The molecular formula is C19H20F4N4O4S. The Labute approximate surface area is 185 Å². The fraction of sp³-hybridized carbons (Fsp3) is 0.474. The first-order chi connectivity index (χ1) is 14.9. The van der Waals surface area contributed by atoms with Gasteiger partial charge in [-0.2, -0.15) is 17.7 Å². The predicted octanol–water partition coefficient (Wildman–Crippen LogP) is 4.28. The quantitative estimate of drug-likeness (QED) is 0.644. The van der Waals surface area contributed by atoms with Gasteiger partial charge < -0.3 is 19.5 Å². The van der Waals surface area contributed by atoms with Crippen LogP contribution in [0.3, 0.4) is 0 Å². The van der Waals surface area contributed by atoms with Gasteiger partial charge in [0.2, 0.25) is 5.82 Å². The van der Waals surface area contributed by atoms with Crippen LogP contribution in [0.1, 0.15) is 43.4 Å². The average molecular weight is 476 g/mol. The molecule has 32 heavy (non-hydrogen) atoms. The van der Waals surface area contributed by atoms with E-state index in [9.17, 15) is 26.6 Å². The van der Waals surface area contributed by atoms with E-state index in [4.69, 9.17) is 4.74 Å². The first kappa shape index (κ1) is 23.8. The molecule has 1 fully saturated rings. The van der Waals surface area contributed by atoms with Gasteiger partial charge in [-0.05, 0) is 39.3 Å². The Balaban J connectivity index is 1.64. The molecule has 1 N–H and O–H groups in total. The van der Waals surface area contributed by atoms with E-state index in [-0.39, 0.29) is 23.5 Å². The number of alkyl halides is 2. The molecule has 174 valence electrons. The number of amides is 2. The Kier molecular flexibility index (Phi) is 6.67. The van der Waals surface area contributed by atoms with Crippen molar-refractivity contribution in [1.29, 1.82) is 0 Å². The molecule has 0 aliphatic carbocycles. The molecule has 1 atom stereocenters. The molecule has 1 unspecified atom stereocenters. The summed E-state index contributed by atoms with van der Waals surface area (Å²) in [4.78, 5) is 29.4. The normalized spacial score (nSPS) is 16.8. The second-order valence-corrected chi connectivity index (χ2v) is 8.76. The summed E-state index contributed by atoms with van der Waals surface area (Å²) in [6.07, 6.45) is -0.0297. The number of carbonyl (C=O) groups excluding carboxylic acids is 2. The van der Waals surface area contributed by atoms with Crippen LogP contribution in [0.4, 0.5) is 21.9 Å². The number of ether oxygens (including phenoxy) is 1. The van der Waals surface area contributed by atoms with Crippen molar-refractivity contribution in [2.24, 2.45) is 0 Å². The molecule has 1 saturated heterocycles. The van der Waals surface area contributed by atoms with Gasteiger partial charge in [0.25, 0.3) is 5.91 Å². The number of carbonyl (C=O) groups is 2. The summed E-state index contributed by atoms with van der Waals surface area (Å²) in [6, 6.07) is 2.87. The zero-order valence-electron chi connectivity index (χ0n) is 17.3. The van der Waals surface area contributed by atoms with Crippen molar-refractivity contribution in [3.63, 3.8) is 0 Å². The van der Waals surface area contributed by atoms with Gasteiger partial charge in [-0.25, -0.2) is 9.18 Å². The van der Waals surface area contributed by atoms with E-state index in [1.165, 1.54) is 11.0 Å². The molecule has 13 heteroatoms. The molecule has 0 radical (unpaired) electrons. The molecule has 3 rings (SSSR count). The van der Waals surface area contributed by atoms with Gasteiger partial charge >= 0.3 is 17.2 Å². The monoisotopic (exact) mass is 476 g/mol. The van der Waals surface area contributed by atoms with Crippen LogP contribution in [0.2, 0.25) is 0 Å². The first-order valence-electron chi connectivity index (χ1n) is 9.50. The van der Waals surface area contributed by atoms with Crippen LogP contribution in [-0.4, -0.2) is 51.8 Å². The Hall–Kier alpha value is -2.83.